The van der Waals surface area contributed by atoms with Crippen molar-refractivity contribution in [3.63, 3.8) is 0 Å². The van der Waals surface area contributed by atoms with Crippen molar-refractivity contribution in [3.8, 4) is 5.75 Å². The molecule has 0 radical (unpaired) electrons. The van der Waals surface area contributed by atoms with Gasteiger partial charge in [0, 0.05) is 18.7 Å². The topological polar surface area (TPSA) is 40.5 Å². The number of carbonyl (C=O) groups excluding carboxylic acids is 1. The molecule has 2 rings (SSSR count). The molecule has 1 aromatic carbocycles. The molecule has 0 bridgehead atoms. The highest BCUT2D eigenvalue weighted by molar-refractivity contribution is 5.98. The van der Waals surface area contributed by atoms with Crippen LogP contribution < -0.4 is 0 Å². The molecule has 1 aromatic rings. The molecule has 1 aliphatic rings. The zero-order valence-corrected chi connectivity index (χ0v) is 7.75. The van der Waals surface area contributed by atoms with E-state index in [9.17, 15) is 9.18 Å². The summed E-state index contributed by atoms with van der Waals surface area (Å²) in [5.74, 6) is -1.28. The lowest BCUT2D eigenvalue weighted by Crippen LogP contribution is -2.22. The van der Waals surface area contributed by atoms with Crippen LogP contribution in [0.2, 0.25) is 0 Å². The SMILES string of the molecule is CCN1Cc2cc(F)c(O)cc2C1=O. The summed E-state index contributed by atoms with van der Waals surface area (Å²) in [4.78, 5) is 13.2. The van der Waals surface area contributed by atoms with Crippen molar-refractivity contribution in [1.29, 1.82) is 0 Å². The monoisotopic (exact) mass is 195 g/mol. The third-order valence-corrected chi connectivity index (χ3v) is 2.43. The van der Waals surface area contributed by atoms with Crippen LogP contribution in [0.4, 0.5) is 4.39 Å². The second kappa shape index (κ2) is 2.97. The maximum atomic E-state index is 13.0. The molecule has 14 heavy (non-hydrogen) atoms. The average Bonchev–Trinajstić information content (AvgIpc) is 2.45. The standard InChI is InChI=1S/C10H10FNO2/c1-2-12-5-6-3-8(11)9(13)4-7(6)10(12)14/h3-4,13H,2,5H2,1H3. The Labute approximate surface area is 80.8 Å². The maximum absolute atomic E-state index is 13.0. The van der Waals surface area contributed by atoms with E-state index in [4.69, 9.17) is 5.11 Å². The van der Waals surface area contributed by atoms with Crippen molar-refractivity contribution >= 4 is 5.91 Å². The Morgan fingerprint density at radius 2 is 2.29 bits per heavy atom. The number of rotatable bonds is 1. The van der Waals surface area contributed by atoms with Crippen LogP contribution in [0.5, 0.6) is 5.75 Å². The van der Waals surface area contributed by atoms with Gasteiger partial charge in [0.05, 0.1) is 0 Å². The third kappa shape index (κ3) is 1.14. The van der Waals surface area contributed by atoms with Crippen LogP contribution in [-0.4, -0.2) is 22.5 Å². The first-order chi connectivity index (χ1) is 6.63. The molecule has 3 nitrogen and oxygen atoms in total. The summed E-state index contributed by atoms with van der Waals surface area (Å²) in [6.07, 6.45) is 0. The van der Waals surface area contributed by atoms with Crippen molar-refractivity contribution in [3.05, 3.63) is 29.1 Å². The Kier molecular flexibility index (Phi) is 1.91. The largest absolute Gasteiger partial charge is 0.505 e. The molecule has 0 unspecified atom stereocenters. The number of phenols is 1. The molecule has 1 heterocycles. The lowest BCUT2D eigenvalue weighted by molar-refractivity contribution is 0.0787. The number of nitrogens with zero attached hydrogens (tertiary/aromatic N) is 1. The molecule has 0 saturated heterocycles. The first-order valence-corrected chi connectivity index (χ1v) is 4.44. The normalized spacial score (nSPS) is 14.7. The Morgan fingerprint density at radius 1 is 1.57 bits per heavy atom. The zero-order chi connectivity index (χ0) is 10.3. The van der Waals surface area contributed by atoms with Crippen molar-refractivity contribution in [2.75, 3.05) is 6.54 Å². The van der Waals surface area contributed by atoms with E-state index < -0.39 is 11.6 Å². The number of hydrogen-bond donors (Lipinski definition) is 1. The van der Waals surface area contributed by atoms with Crippen LogP contribution in [0.25, 0.3) is 0 Å². The first kappa shape index (κ1) is 8.99. The molecular formula is C10H10FNO2. The second-order valence-electron chi connectivity index (χ2n) is 3.28. The van der Waals surface area contributed by atoms with Gasteiger partial charge in [-0.2, -0.15) is 0 Å². The van der Waals surface area contributed by atoms with E-state index in [1.165, 1.54) is 12.1 Å². The van der Waals surface area contributed by atoms with Gasteiger partial charge in [0.25, 0.3) is 5.91 Å². The van der Waals surface area contributed by atoms with Crippen molar-refractivity contribution in [1.82, 2.24) is 4.90 Å². The van der Waals surface area contributed by atoms with Crippen molar-refractivity contribution < 1.29 is 14.3 Å². The van der Waals surface area contributed by atoms with E-state index in [0.717, 1.165) is 0 Å². The summed E-state index contributed by atoms with van der Waals surface area (Å²) >= 11 is 0. The number of halogens is 1. The van der Waals surface area contributed by atoms with E-state index in [-0.39, 0.29) is 5.91 Å². The highest BCUT2D eigenvalue weighted by Crippen LogP contribution is 2.28. The highest BCUT2D eigenvalue weighted by Gasteiger charge is 2.27. The van der Waals surface area contributed by atoms with Gasteiger partial charge < -0.3 is 10.0 Å². The molecule has 0 aliphatic carbocycles. The number of phenolic OH excluding ortho intramolecular Hbond substituents is 1. The smallest absolute Gasteiger partial charge is 0.254 e. The minimum atomic E-state index is -0.672. The van der Waals surface area contributed by atoms with Gasteiger partial charge in [0.2, 0.25) is 0 Å². The second-order valence-corrected chi connectivity index (χ2v) is 3.28. The summed E-state index contributed by atoms with van der Waals surface area (Å²) < 4.78 is 13.0. The van der Waals surface area contributed by atoms with Gasteiger partial charge in [-0.1, -0.05) is 0 Å². The van der Waals surface area contributed by atoms with Gasteiger partial charge >= 0.3 is 0 Å². The quantitative estimate of drug-likeness (QED) is 0.737. The molecule has 1 N–H and O–H groups in total. The third-order valence-electron chi connectivity index (χ3n) is 2.43. The molecule has 0 spiro atoms. The minimum absolute atomic E-state index is 0.141. The van der Waals surface area contributed by atoms with Crippen LogP contribution >= 0.6 is 0 Å². The van der Waals surface area contributed by atoms with Gasteiger partial charge in [-0.05, 0) is 24.6 Å². The van der Waals surface area contributed by atoms with Crippen LogP contribution in [0, 0.1) is 5.82 Å². The number of amides is 1. The van der Waals surface area contributed by atoms with Crippen LogP contribution in [0.15, 0.2) is 12.1 Å². The minimum Gasteiger partial charge on any atom is -0.505 e. The number of fused-ring (bicyclic) bond motifs is 1. The highest BCUT2D eigenvalue weighted by atomic mass is 19.1. The van der Waals surface area contributed by atoms with Crippen LogP contribution in [0.1, 0.15) is 22.8 Å². The Hall–Kier alpha value is -1.58. The molecule has 0 atom stereocenters. The summed E-state index contributed by atoms with van der Waals surface area (Å²) in [6.45, 7) is 2.89. The van der Waals surface area contributed by atoms with E-state index >= 15 is 0 Å². The summed E-state index contributed by atoms with van der Waals surface area (Å²) in [5.41, 5.74) is 1.05. The molecule has 0 fully saturated rings. The fourth-order valence-electron chi connectivity index (χ4n) is 1.64. The number of hydrogen-bond acceptors (Lipinski definition) is 2. The van der Waals surface area contributed by atoms with E-state index in [1.807, 2.05) is 6.92 Å². The molecular weight excluding hydrogens is 185 g/mol. The lowest BCUT2D eigenvalue weighted by Gasteiger charge is -2.10. The van der Waals surface area contributed by atoms with Gasteiger partial charge in [0.1, 0.15) is 0 Å². The van der Waals surface area contributed by atoms with Crippen molar-refractivity contribution in [2.45, 2.75) is 13.5 Å². The van der Waals surface area contributed by atoms with E-state index in [1.54, 1.807) is 4.90 Å². The molecule has 1 aliphatic heterocycles. The molecule has 1 amide bonds. The van der Waals surface area contributed by atoms with Gasteiger partial charge in [-0.15, -0.1) is 0 Å². The number of aromatic hydroxyl groups is 1. The van der Waals surface area contributed by atoms with Gasteiger partial charge in [-0.25, -0.2) is 4.39 Å². The number of benzene rings is 1. The maximum Gasteiger partial charge on any atom is 0.254 e. The Morgan fingerprint density at radius 3 is 2.93 bits per heavy atom. The predicted octanol–water partition coefficient (Wildman–Crippen LogP) is 1.51. The van der Waals surface area contributed by atoms with Crippen LogP contribution in [0.3, 0.4) is 0 Å². The Bertz CT molecular complexity index is 403. The van der Waals surface area contributed by atoms with Gasteiger partial charge in [-0.3, -0.25) is 4.79 Å². The average molecular weight is 195 g/mol. The zero-order valence-electron chi connectivity index (χ0n) is 7.75. The molecule has 74 valence electrons. The molecule has 0 saturated carbocycles. The summed E-state index contributed by atoms with van der Waals surface area (Å²) in [5, 5.41) is 9.11. The van der Waals surface area contributed by atoms with Crippen LogP contribution in [-0.2, 0) is 6.54 Å². The summed E-state index contributed by atoms with van der Waals surface area (Å²) in [7, 11) is 0. The lowest BCUT2D eigenvalue weighted by atomic mass is 10.1. The van der Waals surface area contributed by atoms with Crippen molar-refractivity contribution in [2.24, 2.45) is 0 Å². The first-order valence-electron chi connectivity index (χ1n) is 4.44. The fraction of sp³-hybridized carbons (Fsp3) is 0.300. The number of carbonyl (C=O) groups is 1. The predicted molar refractivity (Wildman–Crippen MR) is 48.5 cm³/mol. The summed E-state index contributed by atoms with van der Waals surface area (Å²) in [6, 6.07) is 2.42. The Balaban J connectivity index is 2.49. The molecule has 4 heteroatoms. The fourth-order valence-corrected chi connectivity index (χ4v) is 1.64. The van der Waals surface area contributed by atoms with E-state index in [0.29, 0.717) is 24.2 Å². The van der Waals surface area contributed by atoms with Gasteiger partial charge in [0.15, 0.2) is 11.6 Å². The van der Waals surface area contributed by atoms with E-state index in [2.05, 4.69) is 0 Å². The molecule has 0 aromatic heterocycles.